The van der Waals surface area contributed by atoms with E-state index in [0.717, 1.165) is 5.69 Å². The first-order chi connectivity index (χ1) is 11.9. The maximum atomic E-state index is 12.1. The number of aryl methyl sites for hydroxylation is 2. The van der Waals surface area contributed by atoms with E-state index in [9.17, 15) is 9.59 Å². The Hall–Kier alpha value is -2.53. The molecule has 25 heavy (non-hydrogen) atoms. The van der Waals surface area contributed by atoms with Gasteiger partial charge in [-0.3, -0.25) is 4.79 Å². The van der Waals surface area contributed by atoms with Gasteiger partial charge in [-0.1, -0.05) is 17.7 Å². The van der Waals surface area contributed by atoms with Gasteiger partial charge in [-0.05, 0) is 55.3 Å². The minimum Gasteiger partial charge on any atom is -0.465 e. The van der Waals surface area contributed by atoms with E-state index in [2.05, 4.69) is 22.3 Å². The Labute approximate surface area is 152 Å². The van der Waals surface area contributed by atoms with Gasteiger partial charge in [-0.2, -0.15) is 0 Å². The van der Waals surface area contributed by atoms with Crippen molar-refractivity contribution >= 4 is 34.9 Å². The molecule has 0 aromatic heterocycles. The molecule has 2 N–H and O–H groups in total. The Morgan fingerprint density at radius 2 is 1.84 bits per heavy atom. The summed E-state index contributed by atoms with van der Waals surface area (Å²) in [6, 6.07) is 10.7. The van der Waals surface area contributed by atoms with Crippen molar-refractivity contribution in [1.82, 2.24) is 0 Å². The van der Waals surface area contributed by atoms with Crippen molar-refractivity contribution in [3.8, 4) is 0 Å². The van der Waals surface area contributed by atoms with Crippen LogP contribution in [0.4, 0.5) is 11.4 Å². The third-order valence-corrected chi connectivity index (χ3v) is 4.18. The van der Waals surface area contributed by atoms with E-state index >= 15 is 0 Å². The normalized spacial score (nSPS) is 10.2. The topological polar surface area (TPSA) is 67.4 Å². The molecule has 0 fully saturated rings. The Kier molecular flexibility index (Phi) is 6.42. The van der Waals surface area contributed by atoms with Crippen molar-refractivity contribution in [1.29, 1.82) is 0 Å². The summed E-state index contributed by atoms with van der Waals surface area (Å²) in [6.45, 7) is 4.59. The molecular weight excluding hydrogens is 340 g/mol. The Morgan fingerprint density at radius 1 is 1.08 bits per heavy atom. The summed E-state index contributed by atoms with van der Waals surface area (Å²) in [5.74, 6) is -0.677. The van der Waals surface area contributed by atoms with Crippen molar-refractivity contribution in [3.05, 3.63) is 58.1 Å². The van der Waals surface area contributed by atoms with Crippen molar-refractivity contribution in [2.45, 2.75) is 20.3 Å². The van der Waals surface area contributed by atoms with Crippen LogP contribution in [0.15, 0.2) is 36.4 Å². The molecule has 6 heteroatoms. The van der Waals surface area contributed by atoms with Crippen molar-refractivity contribution < 1.29 is 14.3 Å². The van der Waals surface area contributed by atoms with Crippen LogP contribution < -0.4 is 10.6 Å². The van der Waals surface area contributed by atoms with Gasteiger partial charge in [0.05, 0.1) is 23.4 Å². The quantitative estimate of drug-likeness (QED) is 0.758. The Balaban J connectivity index is 1.91. The number of amides is 1. The van der Waals surface area contributed by atoms with E-state index in [-0.39, 0.29) is 12.3 Å². The van der Waals surface area contributed by atoms with Crippen LogP contribution in [0.5, 0.6) is 0 Å². The van der Waals surface area contributed by atoms with Gasteiger partial charge >= 0.3 is 5.97 Å². The van der Waals surface area contributed by atoms with Crippen molar-refractivity contribution in [2.75, 3.05) is 24.3 Å². The fraction of sp³-hybridized carbons (Fsp3) is 0.263. The summed E-state index contributed by atoms with van der Waals surface area (Å²) in [7, 11) is 1.30. The molecule has 0 spiro atoms. The molecule has 5 nitrogen and oxygen atoms in total. The number of anilines is 2. The number of esters is 1. The molecule has 132 valence electrons. The average molecular weight is 361 g/mol. The molecule has 2 rings (SSSR count). The molecule has 0 radical (unpaired) electrons. The van der Waals surface area contributed by atoms with E-state index in [1.165, 1.54) is 24.3 Å². The van der Waals surface area contributed by atoms with E-state index in [4.69, 9.17) is 11.6 Å². The summed E-state index contributed by atoms with van der Waals surface area (Å²) in [5, 5.41) is 6.30. The maximum absolute atomic E-state index is 12.1. The second-order valence-electron chi connectivity index (χ2n) is 5.71. The monoisotopic (exact) mass is 360 g/mol. The van der Waals surface area contributed by atoms with Gasteiger partial charge in [0.2, 0.25) is 5.91 Å². The first-order valence-corrected chi connectivity index (χ1v) is 8.27. The number of rotatable bonds is 6. The minimum atomic E-state index is -0.483. The molecule has 0 aliphatic heterocycles. The molecule has 2 aromatic carbocycles. The Bertz CT molecular complexity index is 790. The largest absolute Gasteiger partial charge is 0.465 e. The highest BCUT2D eigenvalue weighted by atomic mass is 35.5. The number of carbonyl (C=O) groups excluding carboxylic acids is 2. The summed E-state index contributed by atoms with van der Waals surface area (Å²) >= 11 is 6.07. The zero-order valence-corrected chi connectivity index (χ0v) is 15.2. The molecule has 0 aliphatic carbocycles. The maximum Gasteiger partial charge on any atom is 0.337 e. The number of hydrogen-bond donors (Lipinski definition) is 2. The smallest absolute Gasteiger partial charge is 0.337 e. The lowest BCUT2D eigenvalue weighted by atomic mass is 10.1. The van der Waals surface area contributed by atoms with Crippen LogP contribution >= 0.6 is 11.6 Å². The number of hydrogen-bond acceptors (Lipinski definition) is 4. The van der Waals surface area contributed by atoms with E-state index in [0.29, 0.717) is 22.8 Å². The van der Waals surface area contributed by atoms with Crippen molar-refractivity contribution in [2.24, 2.45) is 0 Å². The number of halogens is 1. The van der Waals surface area contributed by atoms with Gasteiger partial charge in [0, 0.05) is 18.7 Å². The highest BCUT2D eigenvalue weighted by Gasteiger charge is 2.11. The second kappa shape index (κ2) is 8.53. The zero-order valence-electron chi connectivity index (χ0n) is 14.5. The minimum absolute atomic E-state index is 0.194. The van der Waals surface area contributed by atoms with Crippen LogP contribution in [-0.2, 0) is 9.53 Å². The number of carbonyl (C=O) groups is 2. The summed E-state index contributed by atoms with van der Waals surface area (Å²) in [5.41, 5.74) is 4.11. The highest BCUT2D eigenvalue weighted by Crippen LogP contribution is 2.23. The van der Waals surface area contributed by atoms with Crippen molar-refractivity contribution in [3.63, 3.8) is 0 Å². The predicted octanol–water partition coefficient (Wildman–Crippen LogP) is 4.18. The molecule has 0 aliphatic rings. The molecule has 0 bridgehead atoms. The van der Waals surface area contributed by atoms with Crippen LogP contribution in [-0.4, -0.2) is 25.5 Å². The highest BCUT2D eigenvalue weighted by molar-refractivity contribution is 6.33. The van der Waals surface area contributed by atoms with Gasteiger partial charge in [0.25, 0.3) is 0 Å². The molecule has 0 saturated carbocycles. The van der Waals surface area contributed by atoms with Crippen LogP contribution in [0.25, 0.3) is 0 Å². The van der Waals surface area contributed by atoms with Crippen LogP contribution in [0, 0.1) is 13.8 Å². The molecule has 0 heterocycles. The summed E-state index contributed by atoms with van der Waals surface area (Å²) in [4.78, 5) is 23.7. The number of nitrogens with one attached hydrogen (secondary N) is 2. The first kappa shape index (κ1) is 18.8. The number of methoxy groups -OCH3 is 1. The summed E-state index contributed by atoms with van der Waals surface area (Å²) in [6.07, 6.45) is 0.270. The fourth-order valence-electron chi connectivity index (χ4n) is 2.25. The lowest BCUT2D eigenvalue weighted by molar-refractivity contribution is -0.115. The van der Waals surface area contributed by atoms with Crippen LogP contribution in [0.2, 0.25) is 5.02 Å². The van der Waals surface area contributed by atoms with Gasteiger partial charge in [0.15, 0.2) is 0 Å². The third kappa shape index (κ3) is 5.22. The average Bonchev–Trinajstić information content (AvgIpc) is 2.59. The molecule has 1 amide bonds. The van der Waals surface area contributed by atoms with Gasteiger partial charge in [0.1, 0.15) is 0 Å². The fourth-order valence-corrected chi connectivity index (χ4v) is 2.42. The third-order valence-electron chi connectivity index (χ3n) is 3.85. The van der Waals surface area contributed by atoms with Crippen LogP contribution in [0.1, 0.15) is 27.9 Å². The molecular formula is C19H21ClN2O3. The zero-order chi connectivity index (χ0) is 18.4. The lowest BCUT2D eigenvalue weighted by Gasteiger charge is -2.11. The van der Waals surface area contributed by atoms with Gasteiger partial charge in [-0.25, -0.2) is 4.79 Å². The molecule has 2 aromatic rings. The van der Waals surface area contributed by atoms with Gasteiger partial charge in [-0.15, -0.1) is 0 Å². The molecule has 0 atom stereocenters. The molecule has 0 unspecified atom stereocenters. The predicted molar refractivity (Wildman–Crippen MR) is 100 cm³/mol. The van der Waals surface area contributed by atoms with Gasteiger partial charge < -0.3 is 15.4 Å². The summed E-state index contributed by atoms with van der Waals surface area (Å²) < 4.78 is 4.66. The SMILES string of the molecule is COC(=O)c1ccc(Cl)c(NC(=O)CCNc2ccc(C)c(C)c2)c1. The Morgan fingerprint density at radius 3 is 2.52 bits per heavy atom. The number of benzene rings is 2. The van der Waals surface area contributed by atoms with Crippen LogP contribution in [0.3, 0.4) is 0 Å². The number of ether oxygens (including phenoxy) is 1. The van der Waals surface area contributed by atoms with E-state index in [1.54, 1.807) is 12.1 Å². The van der Waals surface area contributed by atoms with E-state index in [1.807, 2.05) is 25.1 Å². The lowest BCUT2D eigenvalue weighted by Crippen LogP contribution is -2.17. The first-order valence-electron chi connectivity index (χ1n) is 7.89. The second-order valence-corrected chi connectivity index (χ2v) is 6.12. The van der Waals surface area contributed by atoms with E-state index < -0.39 is 5.97 Å². The molecule has 0 saturated heterocycles. The standard InChI is InChI=1S/C19H21ClN2O3/c1-12-4-6-15(10-13(12)2)21-9-8-18(23)22-17-11-14(19(24)25-3)5-7-16(17)20/h4-7,10-11,21H,8-9H2,1-3H3,(H,22,23).